The highest BCUT2D eigenvalue weighted by Crippen LogP contribution is 2.11. The minimum atomic E-state index is -1.80. The molecule has 0 N–H and O–H groups in total. The van der Waals surface area contributed by atoms with Crippen molar-refractivity contribution in [1.29, 1.82) is 0 Å². The van der Waals surface area contributed by atoms with Crippen LogP contribution in [0.3, 0.4) is 0 Å². The summed E-state index contributed by atoms with van der Waals surface area (Å²) in [6.45, 7) is 8.46. The molecule has 0 saturated carbocycles. The van der Waals surface area contributed by atoms with Crippen molar-refractivity contribution in [2.45, 2.75) is 26.6 Å². The van der Waals surface area contributed by atoms with E-state index < -0.39 is 14.0 Å². The van der Waals surface area contributed by atoms with Crippen LogP contribution in [0.5, 0.6) is 0 Å². The molecule has 20 heavy (non-hydrogen) atoms. The molecule has 2 aromatic rings. The van der Waals surface area contributed by atoms with E-state index in [9.17, 15) is 4.79 Å². The third kappa shape index (κ3) is 2.77. The lowest BCUT2D eigenvalue weighted by Gasteiger charge is -2.14. The molecular formula is C13H18N4O2Si. The molecule has 6 nitrogen and oxygen atoms in total. The zero-order valence-electron chi connectivity index (χ0n) is 12.1. The molecule has 2 heterocycles. The molecule has 0 atom stereocenters. The molecule has 0 unspecified atom stereocenters. The molecule has 0 amide bonds. The summed E-state index contributed by atoms with van der Waals surface area (Å²) in [5.74, 6) is -0.390. The van der Waals surface area contributed by atoms with Crippen molar-refractivity contribution in [1.82, 2.24) is 20.0 Å². The van der Waals surface area contributed by atoms with E-state index in [4.69, 9.17) is 4.74 Å². The lowest BCUT2D eigenvalue weighted by atomic mass is 10.4. The predicted molar refractivity (Wildman–Crippen MR) is 78.1 cm³/mol. The molecule has 0 aliphatic rings. The maximum Gasteiger partial charge on any atom is 0.358 e. The van der Waals surface area contributed by atoms with Crippen molar-refractivity contribution >= 4 is 19.4 Å². The first kappa shape index (κ1) is 14.4. The summed E-state index contributed by atoms with van der Waals surface area (Å²) >= 11 is 0. The Morgan fingerprint density at radius 2 is 2.15 bits per heavy atom. The van der Waals surface area contributed by atoms with Gasteiger partial charge in [-0.05, 0) is 19.1 Å². The number of aromatic nitrogens is 4. The molecule has 0 aromatic carbocycles. The Balaban J connectivity index is 2.59. The van der Waals surface area contributed by atoms with E-state index in [-0.39, 0.29) is 0 Å². The van der Waals surface area contributed by atoms with E-state index in [0.717, 1.165) is 5.32 Å². The second-order valence-electron chi connectivity index (χ2n) is 5.38. The van der Waals surface area contributed by atoms with Gasteiger partial charge in [0.25, 0.3) is 0 Å². The topological polar surface area (TPSA) is 69.9 Å². The van der Waals surface area contributed by atoms with Crippen LogP contribution in [0.1, 0.15) is 17.4 Å². The summed E-state index contributed by atoms with van der Waals surface area (Å²) in [6.07, 6.45) is 3.31. The first-order valence-electron chi connectivity index (χ1n) is 6.49. The first-order valence-corrected chi connectivity index (χ1v) is 9.99. The Bertz CT molecular complexity index is 605. The lowest BCUT2D eigenvalue weighted by Crippen LogP contribution is -2.43. The Morgan fingerprint density at radius 1 is 1.40 bits per heavy atom. The molecule has 0 aliphatic carbocycles. The van der Waals surface area contributed by atoms with Crippen molar-refractivity contribution in [3.63, 3.8) is 0 Å². The number of hydrogen-bond acceptors (Lipinski definition) is 5. The molecule has 2 aromatic heterocycles. The first-order chi connectivity index (χ1) is 9.45. The van der Waals surface area contributed by atoms with E-state index >= 15 is 0 Å². The third-order valence-electron chi connectivity index (χ3n) is 2.74. The van der Waals surface area contributed by atoms with Crippen LogP contribution in [0.2, 0.25) is 19.6 Å². The smallest absolute Gasteiger partial charge is 0.358 e. The Kier molecular flexibility index (Phi) is 3.98. The van der Waals surface area contributed by atoms with Crippen molar-refractivity contribution in [3.8, 4) is 5.69 Å². The van der Waals surface area contributed by atoms with Crippen LogP contribution >= 0.6 is 0 Å². The predicted octanol–water partition coefficient (Wildman–Crippen LogP) is 1.38. The summed E-state index contributed by atoms with van der Waals surface area (Å²) in [5, 5.41) is 9.08. The highest BCUT2D eigenvalue weighted by molar-refractivity contribution is 6.88. The number of nitrogens with zero attached hydrogens (tertiary/aromatic N) is 4. The van der Waals surface area contributed by atoms with Crippen LogP contribution in [-0.2, 0) is 4.74 Å². The summed E-state index contributed by atoms with van der Waals surface area (Å²) in [7, 11) is -1.80. The SMILES string of the molecule is CCOC(=O)c1c([Si](C)(C)C)nnn1-c1cccnc1. The molecule has 0 aliphatic heterocycles. The van der Waals surface area contributed by atoms with E-state index in [1.165, 1.54) is 4.68 Å². The van der Waals surface area contributed by atoms with Crippen LogP contribution in [-0.4, -0.2) is 40.6 Å². The summed E-state index contributed by atoms with van der Waals surface area (Å²) in [4.78, 5) is 16.3. The average Bonchev–Trinajstić information content (AvgIpc) is 2.84. The van der Waals surface area contributed by atoms with E-state index in [1.54, 1.807) is 25.4 Å². The highest BCUT2D eigenvalue weighted by Gasteiger charge is 2.31. The number of carbonyl (C=O) groups excluding carboxylic acids is 1. The molecule has 0 fully saturated rings. The fourth-order valence-electron chi connectivity index (χ4n) is 1.83. The number of pyridine rings is 1. The molecule has 0 spiro atoms. The number of carbonyl (C=O) groups is 1. The molecule has 0 saturated heterocycles. The number of hydrogen-bond donors (Lipinski definition) is 0. The third-order valence-corrected chi connectivity index (χ3v) is 4.50. The maximum absolute atomic E-state index is 12.2. The van der Waals surface area contributed by atoms with Crippen molar-refractivity contribution in [2.75, 3.05) is 6.61 Å². The lowest BCUT2D eigenvalue weighted by molar-refractivity contribution is 0.0517. The summed E-state index contributed by atoms with van der Waals surface area (Å²) in [6, 6.07) is 3.62. The Labute approximate surface area is 118 Å². The van der Waals surface area contributed by atoms with Gasteiger partial charge in [-0.2, -0.15) is 0 Å². The molecule has 0 bridgehead atoms. The fourth-order valence-corrected chi connectivity index (χ4v) is 3.09. The van der Waals surface area contributed by atoms with Gasteiger partial charge in [0, 0.05) is 6.20 Å². The largest absolute Gasteiger partial charge is 0.461 e. The second kappa shape index (κ2) is 5.54. The van der Waals surface area contributed by atoms with Crippen LogP contribution in [0.15, 0.2) is 24.5 Å². The molecule has 0 radical (unpaired) electrons. The Morgan fingerprint density at radius 3 is 2.70 bits per heavy atom. The summed E-state index contributed by atoms with van der Waals surface area (Å²) < 4.78 is 6.66. The Hall–Kier alpha value is -2.02. The van der Waals surface area contributed by atoms with Gasteiger partial charge in [-0.15, -0.1) is 5.10 Å². The molecule has 106 valence electrons. The minimum Gasteiger partial charge on any atom is -0.461 e. The van der Waals surface area contributed by atoms with Crippen LogP contribution in [0.4, 0.5) is 0 Å². The van der Waals surface area contributed by atoms with Gasteiger partial charge >= 0.3 is 5.97 Å². The van der Waals surface area contributed by atoms with Gasteiger partial charge in [0.1, 0.15) is 8.07 Å². The zero-order valence-corrected chi connectivity index (χ0v) is 13.1. The number of esters is 1. The van der Waals surface area contributed by atoms with Gasteiger partial charge in [0.2, 0.25) is 0 Å². The normalized spacial score (nSPS) is 11.4. The number of rotatable bonds is 4. The van der Waals surface area contributed by atoms with Crippen LogP contribution in [0, 0.1) is 0 Å². The van der Waals surface area contributed by atoms with Crippen molar-refractivity contribution in [2.24, 2.45) is 0 Å². The standard InChI is InChI=1S/C13H18N4O2Si/c1-5-19-13(18)11-12(20(2,3)4)15-16-17(11)10-7-6-8-14-9-10/h6-9H,5H2,1-4H3. The minimum absolute atomic E-state index is 0.322. The maximum atomic E-state index is 12.2. The van der Waals surface area contributed by atoms with Crippen LogP contribution in [0.25, 0.3) is 5.69 Å². The van der Waals surface area contributed by atoms with E-state index in [1.807, 2.05) is 6.07 Å². The monoisotopic (exact) mass is 290 g/mol. The average molecular weight is 290 g/mol. The van der Waals surface area contributed by atoms with Gasteiger partial charge < -0.3 is 4.74 Å². The highest BCUT2D eigenvalue weighted by atomic mass is 28.3. The molecule has 7 heteroatoms. The quantitative estimate of drug-likeness (QED) is 0.628. The second-order valence-corrected chi connectivity index (χ2v) is 10.4. The van der Waals surface area contributed by atoms with E-state index in [0.29, 0.717) is 18.0 Å². The zero-order chi connectivity index (χ0) is 14.8. The summed E-state index contributed by atoms with van der Waals surface area (Å²) in [5.41, 5.74) is 1.12. The van der Waals surface area contributed by atoms with Gasteiger partial charge in [-0.25, -0.2) is 9.48 Å². The molecule has 2 rings (SSSR count). The van der Waals surface area contributed by atoms with E-state index in [2.05, 4.69) is 34.9 Å². The van der Waals surface area contributed by atoms with Gasteiger partial charge in [-0.3, -0.25) is 4.98 Å². The van der Waals surface area contributed by atoms with Gasteiger partial charge in [0.05, 0.1) is 23.8 Å². The van der Waals surface area contributed by atoms with Crippen LogP contribution < -0.4 is 5.32 Å². The van der Waals surface area contributed by atoms with Crippen molar-refractivity contribution < 1.29 is 9.53 Å². The molecular weight excluding hydrogens is 272 g/mol. The van der Waals surface area contributed by atoms with Gasteiger partial charge in [-0.1, -0.05) is 24.9 Å². The fraction of sp³-hybridized carbons (Fsp3) is 0.385. The number of ether oxygens (including phenoxy) is 1. The van der Waals surface area contributed by atoms with Gasteiger partial charge in [0.15, 0.2) is 5.69 Å². The van der Waals surface area contributed by atoms with Crippen molar-refractivity contribution in [3.05, 3.63) is 30.2 Å².